The summed E-state index contributed by atoms with van der Waals surface area (Å²) in [5.41, 5.74) is 0.263. The second-order valence-corrected chi connectivity index (χ2v) is 6.60. The topological polar surface area (TPSA) is 41.5 Å². The van der Waals surface area contributed by atoms with Gasteiger partial charge in [-0.15, -0.1) is 11.3 Å². The van der Waals surface area contributed by atoms with Gasteiger partial charge in [-0.05, 0) is 29.8 Å². The van der Waals surface area contributed by atoms with E-state index in [0.29, 0.717) is 21.8 Å². The van der Waals surface area contributed by atoms with Crippen molar-refractivity contribution in [2.24, 2.45) is 4.99 Å². The second kappa shape index (κ2) is 7.84. The second-order valence-electron chi connectivity index (χ2n) is 3.96. The van der Waals surface area contributed by atoms with E-state index >= 15 is 0 Å². The van der Waals surface area contributed by atoms with E-state index in [9.17, 15) is 4.79 Å². The van der Waals surface area contributed by atoms with Gasteiger partial charge in [0.1, 0.15) is 0 Å². The highest BCUT2D eigenvalue weighted by molar-refractivity contribution is 8.13. The third-order valence-electron chi connectivity index (χ3n) is 2.56. The number of thiophene rings is 1. The zero-order valence-corrected chi connectivity index (χ0v) is 14.2. The lowest BCUT2D eigenvalue weighted by Crippen LogP contribution is -2.28. The van der Waals surface area contributed by atoms with Gasteiger partial charge in [0.15, 0.2) is 5.17 Å². The van der Waals surface area contributed by atoms with Crippen LogP contribution in [0.2, 0.25) is 10.0 Å². The molecule has 1 amide bonds. The van der Waals surface area contributed by atoms with Gasteiger partial charge in [0.2, 0.25) is 0 Å². The molecule has 0 saturated carbocycles. The summed E-state index contributed by atoms with van der Waals surface area (Å²) < 4.78 is 0. The van der Waals surface area contributed by atoms with Gasteiger partial charge < -0.3 is 5.32 Å². The SMILES string of the molecule is CSC(=NCc1cccs1)NC(=O)c1c(Cl)cccc1Cl. The van der Waals surface area contributed by atoms with Gasteiger partial charge in [-0.1, -0.05) is 47.1 Å². The van der Waals surface area contributed by atoms with Crippen LogP contribution in [0.15, 0.2) is 40.7 Å². The van der Waals surface area contributed by atoms with Crippen molar-refractivity contribution in [3.05, 3.63) is 56.2 Å². The molecule has 3 nitrogen and oxygen atoms in total. The number of carbonyl (C=O) groups excluding carboxylic acids is 1. The van der Waals surface area contributed by atoms with Crippen LogP contribution in [0.25, 0.3) is 0 Å². The Balaban J connectivity index is 2.11. The first-order chi connectivity index (χ1) is 10.1. The third kappa shape index (κ3) is 4.48. The quantitative estimate of drug-likeness (QED) is 0.637. The summed E-state index contributed by atoms with van der Waals surface area (Å²) in [4.78, 5) is 17.8. The molecule has 0 atom stereocenters. The average Bonchev–Trinajstić information content (AvgIpc) is 2.96. The number of aliphatic imine (C=N–C) groups is 1. The van der Waals surface area contributed by atoms with Crippen molar-refractivity contribution in [1.29, 1.82) is 0 Å². The summed E-state index contributed by atoms with van der Waals surface area (Å²) in [6.07, 6.45) is 1.85. The fourth-order valence-electron chi connectivity index (χ4n) is 1.58. The molecule has 0 spiro atoms. The van der Waals surface area contributed by atoms with Gasteiger partial charge in [-0.2, -0.15) is 0 Å². The highest BCUT2D eigenvalue weighted by atomic mass is 35.5. The molecule has 0 bridgehead atoms. The fourth-order valence-corrected chi connectivity index (χ4v) is 3.17. The number of thioether (sulfide) groups is 1. The highest BCUT2D eigenvalue weighted by Crippen LogP contribution is 2.24. The number of rotatable bonds is 3. The van der Waals surface area contributed by atoms with E-state index in [1.165, 1.54) is 11.8 Å². The Hall–Kier alpha value is -1.01. The van der Waals surface area contributed by atoms with Crippen LogP contribution in [0.4, 0.5) is 0 Å². The van der Waals surface area contributed by atoms with Gasteiger partial charge in [0.25, 0.3) is 5.91 Å². The van der Waals surface area contributed by atoms with E-state index in [1.54, 1.807) is 29.5 Å². The monoisotopic (exact) mass is 358 g/mol. The largest absolute Gasteiger partial charge is 0.301 e. The summed E-state index contributed by atoms with van der Waals surface area (Å²) in [6.45, 7) is 0.532. The van der Waals surface area contributed by atoms with Crippen molar-refractivity contribution < 1.29 is 4.79 Å². The van der Waals surface area contributed by atoms with Crippen LogP contribution in [-0.4, -0.2) is 17.3 Å². The maximum absolute atomic E-state index is 12.2. The lowest BCUT2D eigenvalue weighted by Gasteiger charge is -2.09. The van der Waals surface area contributed by atoms with Gasteiger partial charge in [0, 0.05) is 4.88 Å². The highest BCUT2D eigenvalue weighted by Gasteiger charge is 2.15. The van der Waals surface area contributed by atoms with Crippen molar-refractivity contribution in [2.45, 2.75) is 6.54 Å². The number of benzene rings is 1. The lowest BCUT2D eigenvalue weighted by atomic mass is 10.2. The Morgan fingerprint density at radius 1 is 1.29 bits per heavy atom. The molecule has 110 valence electrons. The van der Waals surface area contributed by atoms with E-state index in [-0.39, 0.29) is 11.5 Å². The van der Waals surface area contributed by atoms with Gasteiger partial charge >= 0.3 is 0 Å². The Labute approximate surface area is 141 Å². The maximum Gasteiger partial charge on any atom is 0.260 e. The van der Waals surface area contributed by atoms with Crippen LogP contribution in [0, 0.1) is 0 Å². The zero-order valence-electron chi connectivity index (χ0n) is 11.1. The van der Waals surface area contributed by atoms with E-state index in [2.05, 4.69) is 10.3 Å². The molecule has 2 aromatic rings. The van der Waals surface area contributed by atoms with Crippen molar-refractivity contribution in [3.63, 3.8) is 0 Å². The number of amides is 1. The molecule has 1 N–H and O–H groups in total. The maximum atomic E-state index is 12.2. The summed E-state index contributed by atoms with van der Waals surface area (Å²) in [5.74, 6) is -0.357. The van der Waals surface area contributed by atoms with Crippen LogP contribution < -0.4 is 5.32 Å². The number of hydrogen-bond acceptors (Lipinski definition) is 4. The van der Waals surface area contributed by atoms with E-state index < -0.39 is 0 Å². The van der Waals surface area contributed by atoms with Crippen LogP contribution in [0.3, 0.4) is 0 Å². The Morgan fingerprint density at radius 2 is 2.00 bits per heavy atom. The fraction of sp³-hybridized carbons (Fsp3) is 0.143. The molecule has 0 saturated heterocycles. The van der Waals surface area contributed by atoms with Crippen molar-refractivity contribution in [1.82, 2.24) is 5.32 Å². The summed E-state index contributed by atoms with van der Waals surface area (Å²) in [6, 6.07) is 8.92. The molecule has 21 heavy (non-hydrogen) atoms. The normalized spacial score (nSPS) is 11.5. The van der Waals surface area contributed by atoms with Crippen LogP contribution in [0.5, 0.6) is 0 Å². The van der Waals surface area contributed by atoms with Gasteiger partial charge in [-0.25, -0.2) is 0 Å². The molecule has 0 aliphatic rings. The first kappa shape index (κ1) is 16.4. The van der Waals surface area contributed by atoms with Crippen LogP contribution >= 0.6 is 46.3 Å². The number of carbonyl (C=O) groups is 1. The summed E-state index contributed by atoms with van der Waals surface area (Å²) >= 11 is 15.0. The van der Waals surface area contributed by atoms with Crippen molar-refractivity contribution >= 4 is 57.4 Å². The molecule has 0 aliphatic carbocycles. The minimum Gasteiger partial charge on any atom is -0.301 e. The number of halogens is 2. The molecule has 1 heterocycles. The molecule has 0 fully saturated rings. The third-order valence-corrected chi connectivity index (χ3v) is 4.67. The Kier molecular flexibility index (Phi) is 6.11. The van der Waals surface area contributed by atoms with Crippen LogP contribution in [-0.2, 0) is 6.54 Å². The molecule has 2 rings (SSSR count). The average molecular weight is 359 g/mol. The standard InChI is InChI=1S/C14H12Cl2N2OS2/c1-20-14(17-8-9-4-3-7-21-9)18-13(19)12-10(15)5-2-6-11(12)16/h2-7H,8H2,1H3,(H,17,18,19). The molecule has 0 radical (unpaired) electrons. The van der Waals surface area contributed by atoms with Crippen molar-refractivity contribution in [2.75, 3.05) is 6.26 Å². The summed E-state index contributed by atoms with van der Waals surface area (Å²) in [5, 5.41) is 5.90. The molecule has 1 aromatic carbocycles. The predicted molar refractivity (Wildman–Crippen MR) is 92.9 cm³/mol. The molecular weight excluding hydrogens is 347 g/mol. The first-order valence-electron chi connectivity index (χ1n) is 5.98. The molecule has 7 heteroatoms. The molecular formula is C14H12Cl2N2OS2. The molecule has 1 aromatic heterocycles. The predicted octanol–water partition coefficient (Wildman–Crippen LogP) is 4.70. The van der Waals surface area contributed by atoms with E-state index in [0.717, 1.165) is 4.88 Å². The Bertz CT molecular complexity index is 637. The van der Waals surface area contributed by atoms with E-state index in [4.69, 9.17) is 23.2 Å². The minimum atomic E-state index is -0.357. The summed E-state index contributed by atoms with van der Waals surface area (Å²) in [7, 11) is 0. The van der Waals surface area contributed by atoms with Gasteiger partial charge in [0.05, 0.1) is 22.2 Å². The Morgan fingerprint density at radius 3 is 2.57 bits per heavy atom. The first-order valence-corrected chi connectivity index (χ1v) is 8.84. The van der Waals surface area contributed by atoms with Gasteiger partial charge in [-0.3, -0.25) is 9.79 Å². The zero-order chi connectivity index (χ0) is 15.2. The molecule has 0 unspecified atom stereocenters. The minimum absolute atomic E-state index is 0.263. The number of amidine groups is 1. The molecule has 0 aliphatic heterocycles. The van der Waals surface area contributed by atoms with Crippen molar-refractivity contribution in [3.8, 4) is 0 Å². The number of nitrogens with one attached hydrogen (secondary N) is 1. The van der Waals surface area contributed by atoms with E-state index in [1.807, 2.05) is 23.8 Å². The number of nitrogens with zero attached hydrogens (tertiary/aromatic N) is 1. The smallest absolute Gasteiger partial charge is 0.260 e. The van der Waals surface area contributed by atoms with Crippen LogP contribution in [0.1, 0.15) is 15.2 Å². The number of hydrogen-bond donors (Lipinski definition) is 1. The lowest BCUT2D eigenvalue weighted by molar-refractivity contribution is 0.0978.